The van der Waals surface area contributed by atoms with Crippen LogP contribution in [0.15, 0.2) is 0 Å². The number of unbranched alkanes of at least 4 members (excludes halogenated alkanes) is 1. The number of nitrogens with two attached hydrogens (primary N) is 5. The van der Waals surface area contributed by atoms with Crippen LogP contribution >= 0.6 is 0 Å². The molecule has 0 aromatic rings. The summed E-state index contributed by atoms with van der Waals surface area (Å²) in [5, 5.41) is 49.2. The van der Waals surface area contributed by atoms with Crippen molar-refractivity contribution in [2.45, 2.75) is 198 Å². The van der Waals surface area contributed by atoms with E-state index in [1.54, 1.807) is 20.8 Å². The first kappa shape index (κ1) is 70.9. The summed E-state index contributed by atoms with van der Waals surface area (Å²) in [6.45, 7) is 10.5. The molecule has 1 aliphatic rings. The first-order valence-corrected chi connectivity index (χ1v) is 27.5. The Labute approximate surface area is 463 Å². The third-order valence-electron chi connectivity index (χ3n) is 12.8. The molecule has 0 bridgehead atoms. The van der Waals surface area contributed by atoms with Gasteiger partial charge in [0.05, 0.1) is 12.2 Å². The SMILES string of the molecule is CC[C@@H]1NC(=O)[C@@H](CC(C)C)NC(=O)[C@@H](CCN)NC(=O)[C@@H](NC(=O)[C@H](CCN)NC(=O)[C@H](NC(=O)[C@H](CCN)NC(=O)CCCCC(C)C)[C@@H](C)O)CCNC(=O)[C@H]([C@@H](C)O)NC(=O)[C@H](CCN)NC(=O)[C@H](CCN)NC1=O. The van der Waals surface area contributed by atoms with Gasteiger partial charge in [-0.1, -0.05) is 47.5 Å². The third kappa shape index (κ3) is 26.1. The third-order valence-corrected chi connectivity index (χ3v) is 12.8. The van der Waals surface area contributed by atoms with Crippen molar-refractivity contribution in [3.63, 3.8) is 0 Å². The van der Waals surface area contributed by atoms with Crippen LogP contribution in [0.3, 0.4) is 0 Å². The van der Waals surface area contributed by atoms with E-state index in [4.69, 9.17) is 28.7 Å². The second-order valence-corrected chi connectivity index (χ2v) is 20.6. The zero-order valence-electron chi connectivity index (χ0n) is 47.1. The standard InChI is InChI=1S/C50H94N16O13/c1-8-30-41(70)59-32(14-20-52)42(71)61-35(17-23-55)47(76)65-39(28(6)67)49(78)56-24-18-36(45(74)60-33(15-21-53)44(73)64-37(25-27(4)5)48(77)58-30)62-43(72)34(16-22-54)63-50(79)40(29(7)68)66-46(75)31(13-19-51)57-38(69)12-10-9-11-26(2)3/h26-37,39-40,67-68H,8-25,51-55H2,1-7H3,(H,56,78)(H,57,69)(H,58,77)(H,59,70)(H,60,74)(H,61,71)(H,62,72)(H,63,79)(H,64,73)(H,65,76)(H,66,75)/t28-,29-,30+,31+,32+,33-,34+,35+,36+,37-,39+,40-/m1/s1. The molecule has 0 saturated carbocycles. The van der Waals surface area contributed by atoms with Crippen LogP contribution in [-0.2, 0) is 52.7 Å². The van der Waals surface area contributed by atoms with Crippen molar-refractivity contribution in [1.82, 2.24) is 58.5 Å². The minimum atomic E-state index is -1.69. The van der Waals surface area contributed by atoms with Crippen LogP contribution in [0, 0.1) is 11.8 Å². The normalized spacial score (nSPS) is 23.4. The molecule has 0 aliphatic carbocycles. The van der Waals surface area contributed by atoms with Gasteiger partial charge in [0.1, 0.15) is 60.4 Å². The maximum atomic E-state index is 14.3. The van der Waals surface area contributed by atoms with Crippen molar-refractivity contribution in [3.8, 4) is 0 Å². The second-order valence-electron chi connectivity index (χ2n) is 20.6. The average Bonchev–Trinajstić information content (AvgIpc) is 3.37. The molecule has 29 heteroatoms. The number of hydrogen-bond donors (Lipinski definition) is 18. The van der Waals surface area contributed by atoms with E-state index < -0.39 is 151 Å². The van der Waals surface area contributed by atoms with Crippen LogP contribution in [0.2, 0.25) is 0 Å². The topological polar surface area (TPSA) is 491 Å². The lowest BCUT2D eigenvalue weighted by Crippen LogP contribution is -2.62. The molecule has 452 valence electrons. The number of aliphatic hydroxyl groups is 2. The van der Waals surface area contributed by atoms with Gasteiger partial charge < -0.3 is 97.4 Å². The number of rotatable bonds is 27. The van der Waals surface area contributed by atoms with Gasteiger partial charge in [-0.3, -0.25) is 52.7 Å². The smallest absolute Gasteiger partial charge is 0.245 e. The maximum absolute atomic E-state index is 14.3. The predicted octanol–water partition coefficient (Wildman–Crippen LogP) is -6.47. The Morgan fingerprint density at radius 2 is 1.00 bits per heavy atom. The molecule has 23 N–H and O–H groups in total. The van der Waals surface area contributed by atoms with Gasteiger partial charge in [0.25, 0.3) is 0 Å². The summed E-state index contributed by atoms with van der Waals surface area (Å²) >= 11 is 0. The zero-order chi connectivity index (χ0) is 59.9. The summed E-state index contributed by atoms with van der Waals surface area (Å²) in [6.07, 6.45) is -1.85. The van der Waals surface area contributed by atoms with Crippen LogP contribution in [0.5, 0.6) is 0 Å². The molecule has 0 aromatic carbocycles. The molecule has 1 fully saturated rings. The quantitative estimate of drug-likeness (QED) is 0.0340. The molecular weight excluding hydrogens is 1030 g/mol. The number of carbonyl (C=O) groups is 11. The van der Waals surface area contributed by atoms with Crippen LogP contribution in [0.25, 0.3) is 0 Å². The van der Waals surface area contributed by atoms with Crippen molar-refractivity contribution in [2.75, 3.05) is 39.3 Å². The Hall–Kier alpha value is -6.11. The van der Waals surface area contributed by atoms with Crippen LogP contribution < -0.4 is 87.2 Å². The van der Waals surface area contributed by atoms with E-state index in [1.807, 2.05) is 0 Å². The predicted molar refractivity (Wildman–Crippen MR) is 292 cm³/mol. The minimum absolute atomic E-state index is 0.0134. The number of hydrogen-bond acceptors (Lipinski definition) is 18. The first-order chi connectivity index (χ1) is 37.3. The highest BCUT2D eigenvalue weighted by molar-refractivity contribution is 5.99. The van der Waals surface area contributed by atoms with Gasteiger partial charge in [-0.25, -0.2) is 0 Å². The van der Waals surface area contributed by atoms with Crippen molar-refractivity contribution < 1.29 is 63.0 Å². The Bertz CT molecular complexity index is 2000. The number of nitrogens with one attached hydrogen (secondary N) is 11. The molecule has 1 heterocycles. The monoisotopic (exact) mass is 1130 g/mol. The molecular formula is C50H94N16O13. The summed E-state index contributed by atoms with van der Waals surface area (Å²) in [6, 6.07) is -14.5. The van der Waals surface area contributed by atoms with E-state index in [2.05, 4.69) is 72.3 Å². The Balaban J connectivity index is 3.77. The molecule has 29 nitrogen and oxygen atoms in total. The van der Waals surface area contributed by atoms with E-state index in [0.717, 1.165) is 12.8 Å². The molecule has 79 heavy (non-hydrogen) atoms. The van der Waals surface area contributed by atoms with Gasteiger partial charge in [0.15, 0.2) is 0 Å². The Kier molecular flexibility index (Phi) is 33.8. The summed E-state index contributed by atoms with van der Waals surface area (Å²) in [5.74, 6) is -9.38. The molecule has 0 aromatic heterocycles. The fourth-order valence-electron chi connectivity index (χ4n) is 8.27. The van der Waals surface area contributed by atoms with Crippen molar-refractivity contribution >= 4 is 65.0 Å². The highest BCUT2D eigenvalue weighted by Crippen LogP contribution is 2.11. The number of aliphatic hydroxyl groups excluding tert-OH is 2. The van der Waals surface area contributed by atoms with Crippen LogP contribution in [-0.4, -0.2) is 187 Å². The fraction of sp³-hybridized carbons (Fsp3) is 0.780. The molecule has 0 unspecified atom stereocenters. The van der Waals surface area contributed by atoms with Crippen LogP contribution in [0.4, 0.5) is 0 Å². The van der Waals surface area contributed by atoms with E-state index >= 15 is 0 Å². The summed E-state index contributed by atoms with van der Waals surface area (Å²) in [5.41, 5.74) is 29.1. The summed E-state index contributed by atoms with van der Waals surface area (Å²) < 4.78 is 0. The zero-order valence-corrected chi connectivity index (χ0v) is 47.1. The largest absolute Gasteiger partial charge is 0.391 e. The van der Waals surface area contributed by atoms with Crippen molar-refractivity contribution in [2.24, 2.45) is 40.5 Å². The van der Waals surface area contributed by atoms with E-state index in [1.165, 1.54) is 13.8 Å². The van der Waals surface area contributed by atoms with E-state index in [-0.39, 0.29) is 90.0 Å². The van der Waals surface area contributed by atoms with Gasteiger partial charge in [0.2, 0.25) is 65.0 Å². The van der Waals surface area contributed by atoms with Gasteiger partial charge in [-0.15, -0.1) is 0 Å². The van der Waals surface area contributed by atoms with Crippen molar-refractivity contribution in [1.29, 1.82) is 0 Å². The molecule has 12 atom stereocenters. The highest BCUT2D eigenvalue weighted by atomic mass is 16.3. The number of amides is 11. The Morgan fingerprint density at radius 1 is 0.532 bits per heavy atom. The maximum Gasteiger partial charge on any atom is 0.245 e. The molecule has 1 aliphatic heterocycles. The first-order valence-electron chi connectivity index (χ1n) is 27.5. The lowest BCUT2D eigenvalue weighted by molar-refractivity contribution is -0.137. The van der Waals surface area contributed by atoms with Gasteiger partial charge in [0, 0.05) is 13.0 Å². The lowest BCUT2D eigenvalue weighted by atomic mass is 10.0. The van der Waals surface area contributed by atoms with E-state index in [0.29, 0.717) is 12.3 Å². The minimum Gasteiger partial charge on any atom is -0.391 e. The average molecular weight is 1130 g/mol. The summed E-state index contributed by atoms with van der Waals surface area (Å²) in [4.78, 5) is 151. The Morgan fingerprint density at radius 3 is 1.47 bits per heavy atom. The van der Waals surface area contributed by atoms with E-state index in [9.17, 15) is 63.0 Å². The number of carbonyl (C=O) groups excluding carboxylic acids is 11. The van der Waals surface area contributed by atoms with Gasteiger partial charge in [-0.2, -0.15) is 0 Å². The summed E-state index contributed by atoms with van der Waals surface area (Å²) in [7, 11) is 0. The molecule has 1 rings (SSSR count). The van der Waals surface area contributed by atoms with Crippen LogP contribution in [0.1, 0.15) is 126 Å². The van der Waals surface area contributed by atoms with Crippen molar-refractivity contribution in [3.05, 3.63) is 0 Å². The second kappa shape index (κ2) is 37.7. The van der Waals surface area contributed by atoms with Gasteiger partial charge in [-0.05, 0) is 116 Å². The molecule has 0 spiro atoms. The molecule has 11 amide bonds. The lowest BCUT2D eigenvalue weighted by Gasteiger charge is -2.29. The van der Waals surface area contributed by atoms with Gasteiger partial charge >= 0.3 is 0 Å². The molecule has 0 radical (unpaired) electrons. The molecule has 1 saturated heterocycles. The highest BCUT2D eigenvalue weighted by Gasteiger charge is 2.37. The fourth-order valence-corrected chi connectivity index (χ4v) is 8.27.